The van der Waals surface area contributed by atoms with Gasteiger partial charge in [-0.1, -0.05) is 0 Å². The number of carbonyl (C=O) groups excluding carboxylic acids is 1. The largest absolute Gasteiger partial charge is 0.452 e. The second kappa shape index (κ2) is 3.65. The van der Waals surface area contributed by atoms with Crippen molar-refractivity contribution in [3.8, 4) is 11.5 Å². The lowest BCUT2D eigenvalue weighted by molar-refractivity contribution is -0.105. The van der Waals surface area contributed by atoms with Gasteiger partial charge in [0, 0.05) is 0 Å². The molecule has 86 valence electrons. The Bertz CT molecular complexity index is 540. The Morgan fingerprint density at radius 1 is 1.31 bits per heavy atom. The number of anilines is 1. The Kier molecular flexibility index (Phi) is 2.44. The standard InChI is InChI=1S/C8H8N2O5S/c9-16(12,13)6-2-1-5(10-3-11)7-8(6)15-4-14-7/h1-3H,4H2,(H,10,11)(H2,9,12,13). The van der Waals surface area contributed by atoms with E-state index in [1.807, 2.05) is 0 Å². The first-order chi connectivity index (χ1) is 7.54. The Labute approximate surface area is 91.2 Å². The van der Waals surface area contributed by atoms with Crippen LogP contribution in [0.1, 0.15) is 0 Å². The summed E-state index contributed by atoms with van der Waals surface area (Å²) in [7, 11) is -3.88. The van der Waals surface area contributed by atoms with Crippen molar-refractivity contribution in [1.29, 1.82) is 0 Å². The summed E-state index contributed by atoms with van der Waals surface area (Å²) in [6, 6.07) is 2.62. The molecule has 2 rings (SSSR count). The quantitative estimate of drug-likeness (QED) is 0.705. The van der Waals surface area contributed by atoms with Crippen molar-refractivity contribution in [3.05, 3.63) is 12.1 Å². The lowest BCUT2D eigenvalue weighted by Crippen LogP contribution is -2.13. The molecule has 0 saturated heterocycles. The number of nitrogens with two attached hydrogens (primary N) is 1. The molecular formula is C8H8N2O5S. The summed E-state index contributed by atoms with van der Waals surface area (Å²) in [6.45, 7) is -0.116. The maximum Gasteiger partial charge on any atom is 0.241 e. The van der Waals surface area contributed by atoms with E-state index >= 15 is 0 Å². The molecule has 0 atom stereocenters. The summed E-state index contributed by atoms with van der Waals surface area (Å²) in [4.78, 5) is 10.1. The summed E-state index contributed by atoms with van der Waals surface area (Å²) in [6.07, 6.45) is 0.452. The van der Waals surface area contributed by atoms with Gasteiger partial charge in [-0.3, -0.25) is 4.79 Å². The topological polar surface area (TPSA) is 108 Å². The van der Waals surface area contributed by atoms with Gasteiger partial charge in [0.15, 0.2) is 11.5 Å². The number of amides is 1. The van der Waals surface area contributed by atoms with Crippen molar-refractivity contribution in [2.45, 2.75) is 4.90 Å². The van der Waals surface area contributed by atoms with Gasteiger partial charge in [-0.2, -0.15) is 0 Å². The van der Waals surface area contributed by atoms with Crippen molar-refractivity contribution in [2.24, 2.45) is 5.14 Å². The van der Waals surface area contributed by atoms with Crippen LogP contribution in [0.4, 0.5) is 5.69 Å². The summed E-state index contributed by atoms with van der Waals surface area (Å²) in [5, 5.41) is 7.37. The van der Waals surface area contributed by atoms with Gasteiger partial charge >= 0.3 is 0 Å². The molecule has 0 saturated carbocycles. The van der Waals surface area contributed by atoms with E-state index in [4.69, 9.17) is 14.6 Å². The monoisotopic (exact) mass is 244 g/mol. The van der Waals surface area contributed by atoms with Crippen LogP contribution in [-0.4, -0.2) is 21.6 Å². The fourth-order valence-electron chi connectivity index (χ4n) is 1.37. The molecule has 0 aliphatic carbocycles. The van der Waals surface area contributed by atoms with Crippen LogP contribution in [0.2, 0.25) is 0 Å². The Balaban J connectivity index is 2.62. The van der Waals surface area contributed by atoms with Gasteiger partial charge in [0.1, 0.15) is 4.90 Å². The Morgan fingerprint density at radius 3 is 2.62 bits per heavy atom. The second-order valence-electron chi connectivity index (χ2n) is 2.98. The Morgan fingerprint density at radius 2 is 2.00 bits per heavy atom. The van der Waals surface area contributed by atoms with E-state index in [0.717, 1.165) is 0 Å². The number of carbonyl (C=O) groups is 1. The van der Waals surface area contributed by atoms with E-state index in [-0.39, 0.29) is 23.2 Å². The minimum atomic E-state index is -3.88. The fourth-order valence-corrected chi connectivity index (χ4v) is 2.04. The molecule has 3 N–H and O–H groups in total. The number of fused-ring (bicyclic) bond motifs is 1. The first-order valence-electron chi connectivity index (χ1n) is 4.19. The van der Waals surface area contributed by atoms with E-state index in [1.54, 1.807) is 0 Å². The van der Waals surface area contributed by atoms with Gasteiger partial charge in [0.05, 0.1) is 5.69 Å². The van der Waals surface area contributed by atoms with E-state index in [9.17, 15) is 13.2 Å². The van der Waals surface area contributed by atoms with Crippen LogP contribution in [-0.2, 0) is 14.8 Å². The molecule has 7 nitrogen and oxygen atoms in total. The summed E-state index contributed by atoms with van der Waals surface area (Å²) in [5.74, 6) is 0.188. The maximum atomic E-state index is 11.2. The third-order valence-corrected chi connectivity index (χ3v) is 2.94. The average molecular weight is 244 g/mol. The fraction of sp³-hybridized carbons (Fsp3) is 0.125. The van der Waals surface area contributed by atoms with Crippen LogP contribution in [0, 0.1) is 0 Å². The number of nitrogens with one attached hydrogen (secondary N) is 1. The molecule has 1 aromatic carbocycles. The lowest BCUT2D eigenvalue weighted by Gasteiger charge is -2.06. The summed E-state index contributed by atoms with van der Waals surface area (Å²) >= 11 is 0. The summed E-state index contributed by atoms with van der Waals surface area (Å²) in [5.41, 5.74) is 0.329. The first kappa shape index (κ1) is 10.7. The second-order valence-corrected chi connectivity index (χ2v) is 4.51. The van der Waals surface area contributed by atoms with Gasteiger partial charge < -0.3 is 14.8 Å². The third kappa shape index (κ3) is 1.68. The number of hydrogen-bond donors (Lipinski definition) is 2. The van der Waals surface area contributed by atoms with Gasteiger partial charge in [0.2, 0.25) is 23.2 Å². The molecular weight excluding hydrogens is 236 g/mol. The van der Waals surface area contributed by atoms with Crippen molar-refractivity contribution in [1.82, 2.24) is 0 Å². The van der Waals surface area contributed by atoms with E-state index < -0.39 is 10.0 Å². The molecule has 0 radical (unpaired) electrons. The third-order valence-electron chi connectivity index (χ3n) is 2.00. The minimum absolute atomic E-state index is 0.0225. The van der Waals surface area contributed by atoms with E-state index in [2.05, 4.69) is 5.32 Å². The molecule has 1 aliphatic heterocycles. The molecule has 1 heterocycles. The van der Waals surface area contributed by atoms with Crippen molar-refractivity contribution < 1.29 is 22.7 Å². The van der Waals surface area contributed by atoms with Gasteiger partial charge in [-0.25, -0.2) is 13.6 Å². The number of primary sulfonamides is 1. The zero-order valence-corrected chi connectivity index (χ0v) is 8.78. The molecule has 1 amide bonds. The van der Waals surface area contributed by atoms with Crippen molar-refractivity contribution in [3.63, 3.8) is 0 Å². The molecule has 1 aliphatic rings. The predicted molar refractivity (Wildman–Crippen MR) is 53.6 cm³/mol. The van der Waals surface area contributed by atoms with Crippen LogP contribution in [0.5, 0.6) is 11.5 Å². The first-order valence-corrected chi connectivity index (χ1v) is 5.74. The smallest absolute Gasteiger partial charge is 0.241 e. The lowest BCUT2D eigenvalue weighted by atomic mass is 10.2. The highest BCUT2D eigenvalue weighted by atomic mass is 32.2. The predicted octanol–water partition coefficient (Wildman–Crippen LogP) is -0.369. The van der Waals surface area contributed by atoms with Crippen molar-refractivity contribution in [2.75, 3.05) is 12.1 Å². The molecule has 0 bridgehead atoms. The average Bonchev–Trinajstić information content (AvgIpc) is 2.65. The number of hydrogen-bond acceptors (Lipinski definition) is 5. The SMILES string of the molecule is NS(=O)(=O)c1ccc(NC=O)c2c1OCO2. The van der Waals surface area contributed by atoms with E-state index in [0.29, 0.717) is 12.1 Å². The van der Waals surface area contributed by atoms with Gasteiger partial charge in [-0.15, -0.1) is 0 Å². The number of rotatable bonds is 3. The minimum Gasteiger partial charge on any atom is -0.452 e. The molecule has 0 aromatic heterocycles. The zero-order chi connectivity index (χ0) is 11.8. The zero-order valence-electron chi connectivity index (χ0n) is 7.97. The molecule has 0 spiro atoms. The van der Waals surface area contributed by atoms with Crippen LogP contribution in [0.3, 0.4) is 0 Å². The molecule has 8 heteroatoms. The number of ether oxygens (including phenoxy) is 2. The molecule has 1 aromatic rings. The number of benzene rings is 1. The summed E-state index contributed by atoms with van der Waals surface area (Å²) < 4.78 is 32.5. The Hall–Kier alpha value is -1.80. The molecule has 0 fully saturated rings. The van der Waals surface area contributed by atoms with Gasteiger partial charge in [0.25, 0.3) is 0 Å². The normalized spacial score (nSPS) is 13.6. The van der Waals surface area contributed by atoms with Crippen LogP contribution in [0.15, 0.2) is 17.0 Å². The van der Waals surface area contributed by atoms with Crippen molar-refractivity contribution >= 4 is 22.1 Å². The highest BCUT2D eigenvalue weighted by Gasteiger charge is 2.26. The van der Waals surface area contributed by atoms with Crippen LogP contribution in [0.25, 0.3) is 0 Å². The highest BCUT2D eigenvalue weighted by Crippen LogP contribution is 2.43. The van der Waals surface area contributed by atoms with Crippen LogP contribution < -0.4 is 19.9 Å². The molecule has 16 heavy (non-hydrogen) atoms. The van der Waals surface area contributed by atoms with Gasteiger partial charge in [-0.05, 0) is 12.1 Å². The maximum absolute atomic E-state index is 11.2. The van der Waals surface area contributed by atoms with Crippen LogP contribution >= 0.6 is 0 Å². The molecule has 0 unspecified atom stereocenters. The highest BCUT2D eigenvalue weighted by molar-refractivity contribution is 7.89. The number of sulfonamides is 1. The van der Waals surface area contributed by atoms with E-state index in [1.165, 1.54) is 12.1 Å².